The van der Waals surface area contributed by atoms with E-state index < -0.39 is 11.0 Å². The maximum atomic E-state index is 11.8. The van der Waals surface area contributed by atoms with Gasteiger partial charge in [-0.05, 0) is 34.6 Å². The number of rotatable bonds is 6. The molecule has 11 heteroatoms. The number of carbonyl (C=O) groups excluding carboxylic acids is 1. The molecular formula is C15H11BrN4O5S. The monoisotopic (exact) mass is 438 g/mol. The third kappa shape index (κ3) is 4.29. The third-order valence-corrected chi connectivity index (χ3v) is 4.70. The number of ether oxygens (including phenoxy) is 1. The third-order valence-electron chi connectivity index (χ3n) is 3.20. The first-order valence-electron chi connectivity index (χ1n) is 7.26. The number of non-ortho nitro benzene ring substituents is 1. The van der Waals surface area contributed by atoms with Crippen LogP contribution in [0.15, 0.2) is 50.4 Å². The maximum Gasteiger partial charge on any atom is 0.411 e. The van der Waals surface area contributed by atoms with E-state index in [2.05, 4.69) is 36.2 Å². The largest absolute Gasteiger partial charge is 0.448 e. The molecule has 0 aliphatic carbocycles. The number of benzene rings is 2. The fourth-order valence-corrected chi connectivity index (χ4v) is 3.32. The van der Waals surface area contributed by atoms with E-state index in [4.69, 9.17) is 4.74 Å². The van der Waals surface area contributed by atoms with Crippen molar-refractivity contribution in [2.45, 2.75) is 4.90 Å². The fourth-order valence-electron chi connectivity index (χ4n) is 2.10. The summed E-state index contributed by atoms with van der Waals surface area (Å²) in [5.74, 6) is 0.436. The fraction of sp³-hybridized carbons (Fsp3) is 0.133. The molecule has 0 atom stereocenters. The van der Waals surface area contributed by atoms with Crippen molar-refractivity contribution >= 4 is 56.2 Å². The molecule has 3 rings (SSSR count). The SMILES string of the molecule is O=C(Nc1cccc(Br)c1)OCCSc1ccc([N+](=O)[O-])c2nonc12. The van der Waals surface area contributed by atoms with Crippen molar-refractivity contribution in [1.82, 2.24) is 10.3 Å². The molecule has 1 heterocycles. The Hall–Kier alpha value is -2.66. The van der Waals surface area contributed by atoms with E-state index >= 15 is 0 Å². The molecule has 9 nitrogen and oxygen atoms in total. The van der Waals surface area contributed by atoms with Gasteiger partial charge in [0.25, 0.3) is 0 Å². The summed E-state index contributed by atoms with van der Waals surface area (Å²) in [6.45, 7) is 0.147. The quantitative estimate of drug-likeness (QED) is 0.262. The molecule has 2 aromatic carbocycles. The maximum absolute atomic E-state index is 11.8. The zero-order valence-electron chi connectivity index (χ0n) is 13.0. The van der Waals surface area contributed by atoms with Gasteiger partial charge in [-0.25, -0.2) is 9.42 Å². The summed E-state index contributed by atoms with van der Waals surface area (Å²) in [4.78, 5) is 22.8. The van der Waals surface area contributed by atoms with Crippen molar-refractivity contribution in [3.05, 3.63) is 51.0 Å². The number of nitro benzene ring substituents is 1. The van der Waals surface area contributed by atoms with Crippen LogP contribution < -0.4 is 5.32 Å². The Balaban J connectivity index is 1.53. The number of halogens is 1. The van der Waals surface area contributed by atoms with Gasteiger partial charge in [0.05, 0.1) is 4.92 Å². The van der Waals surface area contributed by atoms with Gasteiger partial charge in [0.2, 0.25) is 5.52 Å². The highest BCUT2D eigenvalue weighted by Gasteiger charge is 2.19. The van der Waals surface area contributed by atoms with Crippen LogP contribution >= 0.6 is 27.7 Å². The number of amides is 1. The summed E-state index contributed by atoms with van der Waals surface area (Å²) in [5, 5.41) is 20.8. The molecule has 0 saturated carbocycles. The lowest BCUT2D eigenvalue weighted by molar-refractivity contribution is -0.383. The number of nitrogens with zero attached hydrogens (tertiary/aromatic N) is 3. The van der Waals surface area contributed by atoms with E-state index in [-0.39, 0.29) is 17.8 Å². The van der Waals surface area contributed by atoms with Crippen molar-refractivity contribution in [1.29, 1.82) is 0 Å². The number of carbonyl (C=O) groups is 1. The first kappa shape index (κ1) is 18.1. The number of hydrogen-bond donors (Lipinski definition) is 1. The molecule has 0 radical (unpaired) electrons. The molecule has 26 heavy (non-hydrogen) atoms. The Labute approximate surface area is 159 Å². The van der Waals surface area contributed by atoms with Crippen LogP contribution in [0.4, 0.5) is 16.2 Å². The van der Waals surface area contributed by atoms with Crippen molar-refractivity contribution in [3.8, 4) is 0 Å². The van der Waals surface area contributed by atoms with E-state index in [0.29, 0.717) is 21.9 Å². The van der Waals surface area contributed by atoms with Gasteiger partial charge in [-0.1, -0.05) is 22.0 Å². The Morgan fingerprint density at radius 2 is 2.12 bits per heavy atom. The normalized spacial score (nSPS) is 10.7. The summed E-state index contributed by atoms with van der Waals surface area (Å²) >= 11 is 4.64. The molecule has 0 spiro atoms. The molecule has 1 aromatic heterocycles. The number of aromatic nitrogens is 2. The van der Waals surface area contributed by atoms with Crippen LogP contribution in [0.25, 0.3) is 11.0 Å². The molecule has 1 N–H and O–H groups in total. The van der Waals surface area contributed by atoms with E-state index in [1.165, 1.54) is 17.8 Å². The molecule has 0 saturated heterocycles. The summed E-state index contributed by atoms with van der Waals surface area (Å²) in [7, 11) is 0. The molecule has 0 unspecified atom stereocenters. The zero-order valence-corrected chi connectivity index (χ0v) is 15.4. The Morgan fingerprint density at radius 1 is 1.31 bits per heavy atom. The Morgan fingerprint density at radius 3 is 2.88 bits per heavy atom. The predicted octanol–water partition coefficient (Wildman–Crippen LogP) is 4.23. The number of nitro groups is 1. The summed E-state index contributed by atoms with van der Waals surface area (Å²) in [6.07, 6.45) is -0.569. The minimum Gasteiger partial charge on any atom is -0.448 e. The summed E-state index contributed by atoms with van der Waals surface area (Å²) < 4.78 is 10.6. The smallest absolute Gasteiger partial charge is 0.411 e. The Kier molecular flexibility index (Phi) is 5.68. The van der Waals surface area contributed by atoms with Crippen LogP contribution in [0.5, 0.6) is 0 Å². The van der Waals surface area contributed by atoms with Crippen molar-refractivity contribution in [2.75, 3.05) is 17.7 Å². The minimum atomic E-state index is -0.569. The topological polar surface area (TPSA) is 120 Å². The first-order chi connectivity index (χ1) is 12.5. The minimum absolute atomic E-state index is 0.0910. The van der Waals surface area contributed by atoms with Crippen molar-refractivity contribution < 1.29 is 19.1 Å². The van der Waals surface area contributed by atoms with E-state index in [1.54, 1.807) is 24.3 Å². The van der Waals surface area contributed by atoms with Crippen LogP contribution in [0.2, 0.25) is 0 Å². The number of fused-ring (bicyclic) bond motifs is 1. The highest BCUT2D eigenvalue weighted by molar-refractivity contribution is 9.10. The van der Waals surface area contributed by atoms with Gasteiger partial charge in [-0.3, -0.25) is 15.4 Å². The second-order valence-corrected chi connectivity index (χ2v) is 6.97. The van der Waals surface area contributed by atoms with E-state index in [1.807, 2.05) is 6.07 Å². The van der Waals surface area contributed by atoms with Crippen molar-refractivity contribution in [3.63, 3.8) is 0 Å². The molecule has 134 valence electrons. The lowest BCUT2D eigenvalue weighted by atomic mass is 10.3. The van der Waals surface area contributed by atoms with Gasteiger partial charge < -0.3 is 4.74 Å². The van der Waals surface area contributed by atoms with Crippen molar-refractivity contribution in [2.24, 2.45) is 0 Å². The second-order valence-electron chi connectivity index (χ2n) is 4.92. The van der Waals surface area contributed by atoms with E-state index in [9.17, 15) is 14.9 Å². The van der Waals surface area contributed by atoms with Gasteiger partial charge in [-0.15, -0.1) is 11.8 Å². The molecular weight excluding hydrogens is 428 g/mol. The van der Waals surface area contributed by atoms with Gasteiger partial charge in [0.1, 0.15) is 6.61 Å². The number of thioether (sulfide) groups is 1. The number of anilines is 1. The second kappa shape index (κ2) is 8.15. The highest BCUT2D eigenvalue weighted by atomic mass is 79.9. The van der Waals surface area contributed by atoms with Crippen LogP contribution in [-0.2, 0) is 4.74 Å². The van der Waals surface area contributed by atoms with Crippen LogP contribution in [0.3, 0.4) is 0 Å². The van der Waals surface area contributed by atoms with Gasteiger partial charge in [0, 0.05) is 26.9 Å². The molecule has 1 amide bonds. The lowest BCUT2D eigenvalue weighted by Crippen LogP contribution is -2.15. The predicted molar refractivity (Wildman–Crippen MR) is 98.3 cm³/mol. The van der Waals surface area contributed by atoms with Gasteiger partial charge in [0.15, 0.2) is 5.52 Å². The summed E-state index contributed by atoms with van der Waals surface area (Å²) in [5.41, 5.74) is 0.842. The molecule has 0 fully saturated rings. The molecule has 3 aromatic rings. The van der Waals surface area contributed by atoms with Crippen LogP contribution in [0.1, 0.15) is 0 Å². The summed E-state index contributed by atoms with van der Waals surface area (Å²) in [6, 6.07) is 10.0. The molecule has 0 aliphatic heterocycles. The highest BCUT2D eigenvalue weighted by Crippen LogP contribution is 2.31. The zero-order chi connectivity index (χ0) is 18.5. The molecule has 0 bridgehead atoms. The van der Waals surface area contributed by atoms with E-state index in [0.717, 1.165) is 4.47 Å². The van der Waals surface area contributed by atoms with Gasteiger partial charge >= 0.3 is 11.8 Å². The lowest BCUT2D eigenvalue weighted by Gasteiger charge is -2.07. The Bertz CT molecular complexity index is 964. The van der Waals surface area contributed by atoms with Crippen LogP contribution in [0, 0.1) is 10.1 Å². The standard InChI is InChI=1S/C15H11BrN4O5S/c16-9-2-1-3-10(8-9)17-15(21)24-6-7-26-12-5-4-11(20(22)23)13-14(12)19-25-18-13/h1-5,8H,6-7H2,(H,17,21). The average molecular weight is 439 g/mol. The number of nitrogens with one attached hydrogen (secondary N) is 1. The first-order valence-corrected chi connectivity index (χ1v) is 9.04. The average Bonchev–Trinajstić information content (AvgIpc) is 3.08. The molecule has 0 aliphatic rings. The van der Waals surface area contributed by atoms with Gasteiger partial charge in [-0.2, -0.15) is 0 Å². The van der Waals surface area contributed by atoms with Crippen LogP contribution in [-0.4, -0.2) is 33.7 Å². The number of hydrogen-bond acceptors (Lipinski definition) is 8.